The minimum absolute atomic E-state index is 0.0345. The van der Waals surface area contributed by atoms with Gasteiger partial charge >= 0.3 is 6.18 Å². The summed E-state index contributed by atoms with van der Waals surface area (Å²) < 4.78 is 57.5. The number of hydrogen-bond acceptors (Lipinski definition) is 6. The average molecular weight is 549 g/mol. The number of aryl methyl sites for hydroxylation is 1. The van der Waals surface area contributed by atoms with Gasteiger partial charge in [0.15, 0.2) is 11.5 Å². The van der Waals surface area contributed by atoms with E-state index in [1.807, 2.05) is 6.92 Å². The van der Waals surface area contributed by atoms with E-state index in [9.17, 15) is 13.2 Å². The SMILES string of the molecule is CCCNc1c(OC)cc(COc2ccccc2OCCO)c(C(F)(F)F)c1N.Cc1ccc(C(C)C)cc1. The summed E-state index contributed by atoms with van der Waals surface area (Å²) in [7, 11) is 1.36. The Morgan fingerprint density at radius 2 is 1.59 bits per heavy atom. The minimum atomic E-state index is -4.68. The zero-order valence-corrected chi connectivity index (χ0v) is 23.2. The molecule has 0 aliphatic rings. The third-order valence-corrected chi connectivity index (χ3v) is 5.79. The second-order valence-electron chi connectivity index (χ2n) is 9.20. The first kappa shape index (κ1) is 31.6. The molecular weight excluding hydrogens is 509 g/mol. The summed E-state index contributed by atoms with van der Waals surface area (Å²) in [5.41, 5.74) is 7.18. The predicted molar refractivity (Wildman–Crippen MR) is 150 cm³/mol. The Morgan fingerprint density at radius 1 is 0.974 bits per heavy atom. The zero-order valence-electron chi connectivity index (χ0n) is 23.2. The van der Waals surface area contributed by atoms with Crippen molar-refractivity contribution in [1.29, 1.82) is 0 Å². The van der Waals surface area contributed by atoms with Gasteiger partial charge in [0, 0.05) is 12.1 Å². The number of nitrogen functional groups attached to an aromatic ring is 1. The number of ether oxygens (including phenoxy) is 3. The van der Waals surface area contributed by atoms with Gasteiger partial charge in [-0.3, -0.25) is 0 Å². The fourth-order valence-electron chi connectivity index (χ4n) is 3.73. The highest BCUT2D eigenvalue weighted by Gasteiger charge is 2.38. The third-order valence-electron chi connectivity index (χ3n) is 5.79. The molecule has 0 aliphatic heterocycles. The molecule has 3 rings (SSSR count). The lowest BCUT2D eigenvalue weighted by molar-refractivity contribution is -0.137. The summed E-state index contributed by atoms with van der Waals surface area (Å²) in [6, 6.07) is 16.5. The van der Waals surface area contributed by atoms with Gasteiger partial charge in [-0.1, -0.05) is 62.7 Å². The van der Waals surface area contributed by atoms with Crippen molar-refractivity contribution in [2.24, 2.45) is 0 Å². The van der Waals surface area contributed by atoms with E-state index in [2.05, 4.69) is 50.4 Å². The number of rotatable bonds is 11. The molecule has 4 N–H and O–H groups in total. The molecule has 0 aromatic heterocycles. The van der Waals surface area contributed by atoms with Gasteiger partial charge in [-0.15, -0.1) is 0 Å². The van der Waals surface area contributed by atoms with Crippen molar-refractivity contribution < 1.29 is 32.5 Å². The normalized spacial score (nSPS) is 11.0. The maximum Gasteiger partial charge on any atom is 0.418 e. The number of anilines is 2. The lowest BCUT2D eigenvalue weighted by Crippen LogP contribution is -2.17. The van der Waals surface area contributed by atoms with Crippen molar-refractivity contribution in [2.45, 2.75) is 52.8 Å². The van der Waals surface area contributed by atoms with Crippen LogP contribution in [0.25, 0.3) is 0 Å². The van der Waals surface area contributed by atoms with Crippen molar-refractivity contribution in [1.82, 2.24) is 0 Å². The van der Waals surface area contributed by atoms with Gasteiger partial charge in [0.05, 0.1) is 25.0 Å². The number of aliphatic hydroxyl groups is 1. The summed E-state index contributed by atoms with van der Waals surface area (Å²) in [5.74, 6) is 1.42. The highest BCUT2D eigenvalue weighted by molar-refractivity contribution is 5.79. The molecule has 0 amide bonds. The number of para-hydroxylation sites is 2. The van der Waals surface area contributed by atoms with Gasteiger partial charge in [-0.2, -0.15) is 13.2 Å². The first-order valence-electron chi connectivity index (χ1n) is 12.9. The van der Waals surface area contributed by atoms with Crippen molar-refractivity contribution in [3.63, 3.8) is 0 Å². The molecule has 0 radical (unpaired) electrons. The summed E-state index contributed by atoms with van der Waals surface area (Å²) in [6.07, 6.45) is -3.97. The van der Waals surface area contributed by atoms with Gasteiger partial charge in [-0.05, 0) is 43.0 Å². The second kappa shape index (κ2) is 15.1. The van der Waals surface area contributed by atoms with Gasteiger partial charge < -0.3 is 30.4 Å². The van der Waals surface area contributed by atoms with Crippen LogP contribution in [-0.4, -0.2) is 32.0 Å². The molecule has 214 valence electrons. The van der Waals surface area contributed by atoms with E-state index in [4.69, 9.17) is 25.1 Å². The molecule has 0 heterocycles. The monoisotopic (exact) mass is 548 g/mol. The Kier molecular flexibility index (Phi) is 12.3. The van der Waals surface area contributed by atoms with Crippen LogP contribution in [0.4, 0.5) is 24.5 Å². The topological polar surface area (TPSA) is 86.0 Å². The third kappa shape index (κ3) is 9.28. The molecule has 6 nitrogen and oxygen atoms in total. The number of halogens is 3. The minimum Gasteiger partial charge on any atom is -0.494 e. The fourth-order valence-corrected chi connectivity index (χ4v) is 3.73. The van der Waals surface area contributed by atoms with Crippen molar-refractivity contribution >= 4 is 11.4 Å². The van der Waals surface area contributed by atoms with E-state index in [0.717, 1.165) is 0 Å². The first-order valence-corrected chi connectivity index (χ1v) is 12.9. The molecule has 0 aliphatic carbocycles. The zero-order chi connectivity index (χ0) is 29.0. The van der Waals surface area contributed by atoms with E-state index in [-0.39, 0.29) is 36.0 Å². The predicted octanol–water partition coefficient (Wildman–Crippen LogP) is 7.19. The van der Waals surface area contributed by atoms with E-state index in [1.54, 1.807) is 24.3 Å². The van der Waals surface area contributed by atoms with E-state index in [1.165, 1.54) is 24.3 Å². The highest BCUT2D eigenvalue weighted by atomic mass is 19.4. The van der Waals surface area contributed by atoms with Gasteiger partial charge in [0.25, 0.3) is 0 Å². The maximum atomic E-state index is 13.8. The number of aliphatic hydroxyl groups excluding tert-OH is 1. The second-order valence-corrected chi connectivity index (χ2v) is 9.20. The average Bonchev–Trinajstić information content (AvgIpc) is 2.90. The smallest absolute Gasteiger partial charge is 0.418 e. The fraction of sp³-hybridized carbons (Fsp3) is 0.400. The first-order chi connectivity index (χ1) is 18.5. The van der Waals surface area contributed by atoms with Gasteiger partial charge in [0.1, 0.15) is 24.7 Å². The summed E-state index contributed by atoms with van der Waals surface area (Å²) in [4.78, 5) is 0. The lowest BCUT2D eigenvalue weighted by Gasteiger charge is -2.22. The van der Waals surface area contributed by atoms with E-state index >= 15 is 0 Å². The highest BCUT2D eigenvalue weighted by Crippen LogP contribution is 2.44. The van der Waals surface area contributed by atoms with Crippen LogP contribution >= 0.6 is 0 Å². The Morgan fingerprint density at radius 3 is 2.10 bits per heavy atom. The van der Waals surface area contributed by atoms with Crippen molar-refractivity contribution in [3.05, 3.63) is 76.9 Å². The van der Waals surface area contributed by atoms with Crippen LogP contribution in [-0.2, 0) is 12.8 Å². The molecule has 0 bridgehead atoms. The Balaban J connectivity index is 0.000000446. The molecule has 0 atom stereocenters. The number of benzene rings is 3. The molecule has 0 unspecified atom stereocenters. The van der Waals surface area contributed by atoms with Crippen LogP contribution in [0.3, 0.4) is 0 Å². The van der Waals surface area contributed by atoms with Crippen molar-refractivity contribution in [3.8, 4) is 17.2 Å². The van der Waals surface area contributed by atoms with Crippen LogP contribution in [0.1, 0.15) is 55.4 Å². The number of hydrogen-bond donors (Lipinski definition) is 3. The number of alkyl halides is 3. The molecule has 9 heteroatoms. The molecular formula is C30H39F3N2O4. The lowest BCUT2D eigenvalue weighted by atomic mass is 10.0. The largest absolute Gasteiger partial charge is 0.494 e. The van der Waals surface area contributed by atoms with Crippen LogP contribution in [0.5, 0.6) is 17.2 Å². The molecule has 39 heavy (non-hydrogen) atoms. The van der Waals surface area contributed by atoms with Gasteiger partial charge in [0.2, 0.25) is 0 Å². The van der Waals surface area contributed by atoms with Gasteiger partial charge in [-0.25, -0.2) is 0 Å². The molecule has 3 aromatic carbocycles. The molecule has 0 fully saturated rings. The molecule has 0 saturated heterocycles. The van der Waals surface area contributed by atoms with Crippen LogP contribution in [0.15, 0.2) is 54.6 Å². The molecule has 3 aromatic rings. The summed E-state index contributed by atoms with van der Waals surface area (Å²) in [5, 5.41) is 11.8. The summed E-state index contributed by atoms with van der Waals surface area (Å²) >= 11 is 0. The number of nitrogens with one attached hydrogen (secondary N) is 1. The summed E-state index contributed by atoms with van der Waals surface area (Å²) in [6.45, 7) is 8.31. The van der Waals surface area contributed by atoms with Crippen LogP contribution in [0, 0.1) is 6.92 Å². The van der Waals surface area contributed by atoms with Crippen molar-refractivity contribution in [2.75, 3.05) is 37.9 Å². The van der Waals surface area contributed by atoms with E-state index in [0.29, 0.717) is 24.6 Å². The van der Waals surface area contributed by atoms with Crippen LogP contribution < -0.4 is 25.3 Å². The Bertz CT molecular complexity index is 1170. The van der Waals surface area contributed by atoms with Crippen LogP contribution in [0.2, 0.25) is 0 Å². The quantitative estimate of drug-likeness (QED) is 0.220. The van der Waals surface area contributed by atoms with E-state index < -0.39 is 24.0 Å². The molecule has 0 spiro atoms. The molecule has 0 saturated carbocycles. The Hall–Kier alpha value is -3.59. The number of methoxy groups -OCH3 is 1. The number of nitrogens with two attached hydrogens (primary N) is 1. The maximum absolute atomic E-state index is 13.8. The Labute approximate surface area is 228 Å². The standard InChI is InChI=1S/C20H25F3N2O4.C10H14/c1-3-8-25-19-16(27-2)11-13(17(18(19)24)20(21,22)23)12-29-15-7-5-4-6-14(15)28-10-9-26;1-8(2)10-6-4-9(3)5-7-10/h4-7,11,25-26H,3,8-10,12,24H2,1-2H3;4-8H,1-3H3.